The Hall–Kier alpha value is -1.17. The lowest BCUT2D eigenvalue weighted by Crippen LogP contribution is -2.19. The smallest absolute Gasteiger partial charge is 0.361 e. The van der Waals surface area contributed by atoms with E-state index in [4.69, 9.17) is 0 Å². The first-order chi connectivity index (χ1) is 9.49. The van der Waals surface area contributed by atoms with E-state index in [2.05, 4.69) is 17.2 Å². The highest BCUT2D eigenvalue weighted by Crippen LogP contribution is 2.29. The predicted molar refractivity (Wildman–Crippen MR) is 76.9 cm³/mol. The Morgan fingerprint density at radius 2 is 2.00 bits per heavy atom. The molecule has 0 fully saturated rings. The van der Waals surface area contributed by atoms with Gasteiger partial charge in [-0.2, -0.15) is 13.2 Å². The third-order valence-corrected chi connectivity index (χ3v) is 4.27. The first-order valence-electron chi connectivity index (χ1n) is 6.60. The third-order valence-electron chi connectivity index (χ3n) is 3.05. The standard InChI is InChI=1S/C14H17F3N2S/c1-2-3-12-9-19-13(20-12)18-8-10-4-6-11(7-5-10)14(15,16)17/h4-7,12H,2-3,8-9H2,1H3,(H,18,19). The summed E-state index contributed by atoms with van der Waals surface area (Å²) in [6.07, 6.45) is -2.00. The second-order valence-corrected chi connectivity index (χ2v) is 6.01. The van der Waals surface area contributed by atoms with Crippen molar-refractivity contribution in [3.8, 4) is 0 Å². The number of alkyl halides is 3. The van der Waals surface area contributed by atoms with Gasteiger partial charge < -0.3 is 5.32 Å². The molecule has 6 heteroatoms. The SMILES string of the molecule is CCCC1CN=C(NCc2ccc(C(F)(F)F)cc2)S1. The Morgan fingerprint density at radius 3 is 2.60 bits per heavy atom. The Kier molecular flexibility index (Phi) is 4.96. The van der Waals surface area contributed by atoms with Gasteiger partial charge in [-0.3, -0.25) is 4.99 Å². The van der Waals surface area contributed by atoms with Crippen molar-refractivity contribution in [2.45, 2.75) is 37.7 Å². The van der Waals surface area contributed by atoms with Gasteiger partial charge >= 0.3 is 6.18 Å². The Labute approximate surface area is 120 Å². The number of thioether (sulfide) groups is 1. The van der Waals surface area contributed by atoms with E-state index in [0.29, 0.717) is 11.8 Å². The maximum Gasteiger partial charge on any atom is 0.416 e. The molecular weight excluding hydrogens is 285 g/mol. The van der Waals surface area contributed by atoms with Crippen LogP contribution in [0, 0.1) is 0 Å². The fraction of sp³-hybridized carbons (Fsp3) is 0.500. The molecule has 1 unspecified atom stereocenters. The van der Waals surface area contributed by atoms with Crippen molar-refractivity contribution in [3.63, 3.8) is 0 Å². The zero-order valence-corrected chi connectivity index (χ0v) is 12.0. The van der Waals surface area contributed by atoms with Gasteiger partial charge in [-0.1, -0.05) is 37.2 Å². The topological polar surface area (TPSA) is 24.4 Å². The summed E-state index contributed by atoms with van der Waals surface area (Å²) in [6.45, 7) is 3.48. The molecular formula is C14H17F3N2S. The first-order valence-corrected chi connectivity index (χ1v) is 7.48. The number of nitrogens with one attached hydrogen (secondary N) is 1. The minimum Gasteiger partial charge on any atom is -0.361 e. The van der Waals surface area contributed by atoms with Gasteiger partial charge in [-0.05, 0) is 24.1 Å². The van der Waals surface area contributed by atoms with Crippen molar-refractivity contribution in [2.75, 3.05) is 6.54 Å². The number of hydrogen-bond donors (Lipinski definition) is 1. The fourth-order valence-corrected chi connectivity index (χ4v) is 3.10. The average Bonchev–Trinajstić information content (AvgIpc) is 2.84. The average molecular weight is 302 g/mol. The summed E-state index contributed by atoms with van der Waals surface area (Å²) in [5.41, 5.74) is 0.206. The quantitative estimate of drug-likeness (QED) is 0.907. The second-order valence-electron chi connectivity index (χ2n) is 4.72. The van der Waals surface area contributed by atoms with Gasteiger partial charge in [0.1, 0.15) is 0 Å². The van der Waals surface area contributed by atoms with Gasteiger partial charge in [-0.15, -0.1) is 0 Å². The lowest BCUT2D eigenvalue weighted by atomic mass is 10.1. The molecule has 20 heavy (non-hydrogen) atoms. The third kappa shape index (κ3) is 4.16. The van der Waals surface area contributed by atoms with Crippen LogP contribution < -0.4 is 5.32 Å². The van der Waals surface area contributed by atoms with E-state index >= 15 is 0 Å². The molecule has 2 nitrogen and oxygen atoms in total. The van der Waals surface area contributed by atoms with Gasteiger partial charge in [0.25, 0.3) is 0 Å². The number of halogens is 3. The Morgan fingerprint density at radius 1 is 1.30 bits per heavy atom. The van der Waals surface area contributed by atoms with Crippen LogP contribution in [0.5, 0.6) is 0 Å². The minimum atomic E-state index is -4.27. The van der Waals surface area contributed by atoms with Crippen LogP contribution >= 0.6 is 11.8 Å². The lowest BCUT2D eigenvalue weighted by Gasteiger charge is -2.09. The van der Waals surface area contributed by atoms with Gasteiger partial charge in [0, 0.05) is 11.8 Å². The summed E-state index contributed by atoms with van der Waals surface area (Å²) in [7, 11) is 0. The molecule has 0 radical (unpaired) electrons. The zero-order valence-electron chi connectivity index (χ0n) is 11.2. The van der Waals surface area contributed by atoms with E-state index in [1.165, 1.54) is 12.1 Å². The Balaban J connectivity index is 1.83. The monoisotopic (exact) mass is 302 g/mol. The number of amidine groups is 1. The summed E-state index contributed by atoms with van der Waals surface area (Å²) in [6, 6.07) is 5.22. The first kappa shape index (κ1) is 15.2. The molecule has 1 atom stereocenters. The zero-order chi connectivity index (χ0) is 14.6. The molecule has 1 aromatic rings. The van der Waals surface area contributed by atoms with E-state index in [-0.39, 0.29) is 0 Å². The molecule has 1 aliphatic heterocycles. The van der Waals surface area contributed by atoms with Gasteiger partial charge in [0.05, 0.1) is 12.1 Å². The van der Waals surface area contributed by atoms with Gasteiger partial charge in [0.15, 0.2) is 5.17 Å². The van der Waals surface area contributed by atoms with Crippen LogP contribution in [0.25, 0.3) is 0 Å². The molecule has 0 aliphatic carbocycles. The predicted octanol–water partition coefficient (Wildman–Crippen LogP) is 4.07. The van der Waals surface area contributed by atoms with Gasteiger partial charge in [-0.25, -0.2) is 0 Å². The van der Waals surface area contributed by atoms with E-state index in [1.807, 2.05) is 0 Å². The highest BCUT2D eigenvalue weighted by molar-refractivity contribution is 8.14. The molecule has 1 N–H and O–H groups in total. The van der Waals surface area contributed by atoms with Crippen LogP contribution in [0.4, 0.5) is 13.2 Å². The molecule has 0 spiro atoms. The maximum absolute atomic E-state index is 12.4. The van der Waals surface area contributed by atoms with E-state index < -0.39 is 11.7 Å². The molecule has 2 rings (SSSR count). The second kappa shape index (κ2) is 6.52. The molecule has 1 heterocycles. The molecule has 0 saturated heterocycles. The largest absolute Gasteiger partial charge is 0.416 e. The number of rotatable bonds is 4. The maximum atomic E-state index is 12.4. The highest BCUT2D eigenvalue weighted by atomic mass is 32.2. The van der Waals surface area contributed by atoms with Crippen molar-refractivity contribution in [1.82, 2.24) is 5.32 Å². The van der Waals surface area contributed by atoms with Crippen LogP contribution in [0.3, 0.4) is 0 Å². The number of nitrogens with zero attached hydrogens (tertiary/aromatic N) is 1. The van der Waals surface area contributed by atoms with Crippen molar-refractivity contribution in [1.29, 1.82) is 0 Å². The molecule has 0 saturated carbocycles. The normalized spacial score (nSPS) is 19.0. The number of aliphatic imine (C=N–C) groups is 1. The van der Waals surface area contributed by atoms with Crippen molar-refractivity contribution in [2.24, 2.45) is 4.99 Å². The van der Waals surface area contributed by atoms with Crippen LogP contribution in [-0.4, -0.2) is 17.0 Å². The highest BCUT2D eigenvalue weighted by Gasteiger charge is 2.29. The molecule has 0 bridgehead atoms. The van der Waals surface area contributed by atoms with Crippen LogP contribution in [-0.2, 0) is 12.7 Å². The molecule has 1 aromatic carbocycles. The number of hydrogen-bond acceptors (Lipinski definition) is 3. The van der Waals surface area contributed by atoms with E-state index in [1.54, 1.807) is 11.8 Å². The van der Waals surface area contributed by atoms with Crippen LogP contribution in [0.15, 0.2) is 29.3 Å². The summed E-state index contributed by atoms with van der Waals surface area (Å²) < 4.78 is 37.3. The summed E-state index contributed by atoms with van der Waals surface area (Å²) in [4.78, 5) is 4.40. The number of benzene rings is 1. The van der Waals surface area contributed by atoms with E-state index in [9.17, 15) is 13.2 Å². The van der Waals surface area contributed by atoms with Crippen molar-refractivity contribution < 1.29 is 13.2 Å². The molecule has 0 amide bonds. The van der Waals surface area contributed by atoms with E-state index in [0.717, 1.165) is 42.3 Å². The minimum absolute atomic E-state index is 0.503. The van der Waals surface area contributed by atoms with Crippen LogP contribution in [0.2, 0.25) is 0 Å². The molecule has 1 aliphatic rings. The summed E-state index contributed by atoms with van der Waals surface area (Å²) in [5, 5.41) is 4.61. The molecule has 0 aromatic heterocycles. The van der Waals surface area contributed by atoms with Crippen LogP contribution in [0.1, 0.15) is 30.9 Å². The summed E-state index contributed by atoms with van der Waals surface area (Å²) in [5.74, 6) is 0. The Bertz CT molecular complexity index is 468. The van der Waals surface area contributed by atoms with Crippen molar-refractivity contribution >= 4 is 16.9 Å². The van der Waals surface area contributed by atoms with Gasteiger partial charge in [0.2, 0.25) is 0 Å². The fourth-order valence-electron chi connectivity index (χ4n) is 1.98. The summed E-state index contributed by atoms with van der Waals surface area (Å²) >= 11 is 1.72. The molecule has 110 valence electrons. The lowest BCUT2D eigenvalue weighted by molar-refractivity contribution is -0.137. The van der Waals surface area contributed by atoms with Crippen molar-refractivity contribution in [3.05, 3.63) is 35.4 Å².